The molecule has 0 aliphatic carbocycles. The third kappa shape index (κ3) is 4.87. The molecule has 0 spiro atoms. The molecule has 0 saturated carbocycles. The Bertz CT molecular complexity index is 490. The number of ether oxygens (including phenoxy) is 2. The van der Waals surface area contributed by atoms with Crippen molar-refractivity contribution in [3.63, 3.8) is 0 Å². The fourth-order valence-corrected chi connectivity index (χ4v) is 1.83. The second-order valence-electron chi connectivity index (χ2n) is 4.33. The Labute approximate surface area is 125 Å². The number of methoxy groups -OCH3 is 2. The van der Waals surface area contributed by atoms with Crippen LogP contribution in [-0.4, -0.2) is 38.2 Å². The van der Waals surface area contributed by atoms with Crippen molar-refractivity contribution in [2.75, 3.05) is 27.3 Å². The van der Waals surface area contributed by atoms with E-state index < -0.39 is 0 Å². The maximum absolute atomic E-state index is 12.0. The van der Waals surface area contributed by atoms with Crippen LogP contribution in [0, 0.1) is 0 Å². The topological polar surface area (TPSA) is 50.8 Å². The van der Waals surface area contributed by atoms with Crippen LogP contribution in [0.4, 0.5) is 4.79 Å². The molecule has 0 aromatic heterocycles. The lowest BCUT2D eigenvalue weighted by Crippen LogP contribution is -2.39. The van der Waals surface area contributed by atoms with Gasteiger partial charge in [0.2, 0.25) is 0 Å². The van der Waals surface area contributed by atoms with Crippen molar-refractivity contribution in [1.82, 2.24) is 10.2 Å². The standard InChI is InChI=1S/C16H22N2O3/c1-5-9-18(10-6-2)16(19)17-12-13-7-8-14(20-3)15(11-13)21-4/h5-8,11H,1-2,9-10,12H2,3-4H3,(H,17,19). The van der Waals surface area contributed by atoms with Crippen LogP contribution in [0.3, 0.4) is 0 Å². The number of hydrogen-bond donors (Lipinski definition) is 1. The summed E-state index contributed by atoms with van der Waals surface area (Å²) in [5.41, 5.74) is 0.929. The number of hydrogen-bond acceptors (Lipinski definition) is 3. The Hall–Kier alpha value is -2.43. The van der Waals surface area contributed by atoms with Gasteiger partial charge in [0.25, 0.3) is 0 Å². The molecule has 0 heterocycles. The van der Waals surface area contributed by atoms with Crippen LogP contribution in [0.2, 0.25) is 0 Å². The number of rotatable bonds is 8. The molecule has 0 bridgehead atoms. The molecule has 1 N–H and O–H groups in total. The minimum atomic E-state index is -0.162. The zero-order valence-electron chi connectivity index (χ0n) is 12.6. The van der Waals surface area contributed by atoms with Gasteiger partial charge in [-0.1, -0.05) is 18.2 Å². The molecule has 1 aromatic carbocycles. The molecular weight excluding hydrogens is 268 g/mol. The molecule has 0 aliphatic rings. The van der Waals surface area contributed by atoms with Gasteiger partial charge in [0.05, 0.1) is 14.2 Å². The van der Waals surface area contributed by atoms with E-state index in [0.717, 1.165) is 5.56 Å². The smallest absolute Gasteiger partial charge is 0.318 e. The number of carbonyl (C=O) groups is 1. The first-order chi connectivity index (χ1) is 10.2. The van der Waals surface area contributed by atoms with Crippen LogP contribution in [0.15, 0.2) is 43.5 Å². The zero-order chi connectivity index (χ0) is 15.7. The zero-order valence-corrected chi connectivity index (χ0v) is 12.6. The van der Waals surface area contributed by atoms with Gasteiger partial charge < -0.3 is 19.7 Å². The third-order valence-corrected chi connectivity index (χ3v) is 2.88. The van der Waals surface area contributed by atoms with E-state index in [-0.39, 0.29) is 6.03 Å². The molecule has 0 unspecified atom stereocenters. The summed E-state index contributed by atoms with van der Waals surface area (Å²) >= 11 is 0. The summed E-state index contributed by atoms with van der Waals surface area (Å²) in [5, 5.41) is 2.85. The molecule has 5 heteroatoms. The Kier molecular flexibility index (Phi) is 6.87. The molecular formula is C16H22N2O3. The highest BCUT2D eigenvalue weighted by Crippen LogP contribution is 2.27. The Morgan fingerprint density at radius 3 is 2.33 bits per heavy atom. The molecule has 114 valence electrons. The van der Waals surface area contributed by atoms with Crippen molar-refractivity contribution in [1.29, 1.82) is 0 Å². The first-order valence-corrected chi connectivity index (χ1v) is 6.61. The molecule has 5 nitrogen and oxygen atoms in total. The highest BCUT2D eigenvalue weighted by Gasteiger charge is 2.10. The maximum atomic E-state index is 12.0. The summed E-state index contributed by atoms with van der Waals surface area (Å²) in [4.78, 5) is 13.6. The molecule has 0 aliphatic heterocycles. The third-order valence-electron chi connectivity index (χ3n) is 2.88. The average molecular weight is 290 g/mol. The van der Waals surface area contributed by atoms with Gasteiger partial charge in [-0.3, -0.25) is 0 Å². The number of nitrogens with one attached hydrogen (secondary N) is 1. The van der Waals surface area contributed by atoms with E-state index >= 15 is 0 Å². The molecule has 2 amide bonds. The molecule has 21 heavy (non-hydrogen) atoms. The Morgan fingerprint density at radius 2 is 1.81 bits per heavy atom. The van der Waals surface area contributed by atoms with Gasteiger partial charge in [-0.15, -0.1) is 13.2 Å². The van der Waals surface area contributed by atoms with Gasteiger partial charge in [-0.25, -0.2) is 4.79 Å². The molecule has 1 rings (SSSR count). The van der Waals surface area contributed by atoms with E-state index in [1.54, 1.807) is 31.3 Å². The van der Waals surface area contributed by atoms with Gasteiger partial charge in [-0.2, -0.15) is 0 Å². The van der Waals surface area contributed by atoms with Crippen molar-refractivity contribution in [3.05, 3.63) is 49.1 Å². The van der Waals surface area contributed by atoms with E-state index in [1.807, 2.05) is 18.2 Å². The van der Waals surface area contributed by atoms with Crippen LogP contribution in [0.1, 0.15) is 5.56 Å². The van der Waals surface area contributed by atoms with Gasteiger partial charge in [0.1, 0.15) is 0 Å². The van der Waals surface area contributed by atoms with Gasteiger partial charge >= 0.3 is 6.03 Å². The van der Waals surface area contributed by atoms with Crippen LogP contribution in [-0.2, 0) is 6.54 Å². The molecule has 0 fully saturated rings. The van der Waals surface area contributed by atoms with E-state index in [1.165, 1.54) is 0 Å². The summed E-state index contributed by atoms with van der Waals surface area (Å²) in [7, 11) is 3.16. The average Bonchev–Trinajstić information content (AvgIpc) is 2.52. The summed E-state index contributed by atoms with van der Waals surface area (Å²) < 4.78 is 10.4. The van der Waals surface area contributed by atoms with E-state index in [4.69, 9.17) is 9.47 Å². The normalized spacial score (nSPS) is 9.62. The van der Waals surface area contributed by atoms with Crippen molar-refractivity contribution in [3.8, 4) is 11.5 Å². The quantitative estimate of drug-likeness (QED) is 0.749. The minimum Gasteiger partial charge on any atom is -0.493 e. The van der Waals surface area contributed by atoms with Crippen LogP contribution in [0.25, 0.3) is 0 Å². The van der Waals surface area contributed by atoms with Gasteiger partial charge in [-0.05, 0) is 17.7 Å². The first kappa shape index (κ1) is 16.6. The lowest BCUT2D eigenvalue weighted by Gasteiger charge is -2.20. The number of carbonyl (C=O) groups excluding carboxylic acids is 1. The monoisotopic (exact) mass is 290 g/mol. The number of amides is 2. The largest absolute Gasteiger partial charge is 0.493 e. The summed E-state index contributed by atoms with van der Waals surface area (Å²) in [6.45, 7) is 8.64. The lowest BCUT2D eigenvalue weighted by molar-refractivity contribution is 0.208. The van der Waals surface area contributed by atoms with E-state index in [9.17, 15) is 4.79 Å². The molecule has 1 aromatic rings. The fourth-order valence-electron chi connectivity index (χ4n) is 1.83. The summed E-state index contributed by atoms with van der Waals surface area (Å²) in [6.07, 6.45) is 3.36. The lowest BCUT2D eigenvalue weighted by atomic mass is 10.2. The second kappa shape index (κ2) is 8.68. The van der Waals surface area contributed by atoms with Crippen LogP contribution < -0.4 is 14.8 Å². The van der Waals surface area contributed by atoms with Gasteiger partial charge in [0, 0.05) is 19.6 Å². The Balaban J connectivity index is 2.67. The van der Waals surface area contributed by atoms with Crippen LogP contribution >= 0.6 is 0 Å². The molecule has 0 radical (unpaired) electrons. The van der Waals surface area contributed by atoms with E-state index in [0.29, 0.717) is 31.1 Å². The number of urea groups is 1. The fraction of sp³-hybridized carbons (Fsp3) is 0.312. The highest BCUT2D eigenvalue weighted by molar-refractivity contribution is 5.74. The first-order valence-electron chi connectivity index (χ1n) is 6.61. The van der Waals surface area contributed by atoms with Crippen molar-refractivity contribution in [2.24, 2.45) is 0 Å². The van der Waals surface area contributed by atoms with Crippen LogP contribution in [0.5, 0.6) is 11.5 Å². The van der Waals surface area contributed by atoms with E-state index in [2.05, 4.69) is 18.5 Å². The van der Waals surface area contributed by atoms with Gasteiger partial charge in [0.15, 0.2) is 11.5 Å². The predicted octanol–water partition coefficient (Wildman–Crippen LogP) is 2.59. The van der Waals surface area contributed by atoms with Crippen molar-refractivity contribution in [2.45, 2.75) is 6.54 Å². The summed E-state index contributed by atoms with van der Waals surface area (Å²) in [6, 6.07) is 5.37. The Morgan fingerprint density at radius 1 is 1.19 bits per heavy atom. The minimum absolute atomic E-state index is 0.162. The number of benzene rings is 1. The predicted molar refractivity (Wildman–Crippen MR) is 83.7 cm³/mol. The van der Waals surface area contributed by atoms with Crippen molar-refractivity contribution >= 4 is 6.03 Å². The van der Waals surface area contributed by atoms with Crippen molar-refractivity contribution < 1.29 is 14.3 Å². The summed E-state index contributed by atoms with van der Waals surface area (Å²) in [5.74, 6) is 1.30. The second-order valence-corrected chi connectivity index (χ2v) is 4.33. The molecule has 0 atom stereocenters. The highest BCUT2D eigenvalue weighted by atomic mass is 16.5. The SMILES string of the molecule is C=CCN(CC=C)C(=O)NCc1ccc(OC)c(OC)c1. The molecule has 0 saturated heterocycles. The maximum Gasteiger partial charge on any atom is 0.318 e. The number of nitrogens with zero attached hydrogens (tertiary/aromatic N) is 1.